The van der Waals surface area contributed by atoms with Crippen LogP contribution in [0, 0.1) is 0 Å². The van der Waals surface area contributed by atoms with Crippen LogP contribution in [0.1, 0.15) is 38.5 Å². The summed E-state index contributed by atoms with van der Waals surface area (Å²) < 4.78 is 27.5. The summed E-state index contributed by atoms with van der Waals surface area (Å²) in [5.41, 5.74) is 0. The third-order valence-corrected chi connectivity index (χ3v) is 5.79. The van der Waals surface area contributed by atoms with Crippen LogP contribution in [0.2, 0.25) is 0 Å². The third-order valence-electron chi connectivity index (χ3n) is 3.20. The fourth-order valence-electron chi connectivity index (χ4n) is 2.07. The van der Waals surface area contributed by atoms with Gasteiger partial charge in [-0.15, -0.1) is 0 Å². The van der Waals surface area contributed by atoms with Gasteiger partial charge in [0.1, 0.15) is 0 Å². The number of hydrogen-bond acceptors (Lipinski definition) is 3. The number of ether oxygens (including phenoxy) is 1. The topological polar surface area (TPSA) is 43.4 Å². The first kappa shape index (κ1) is 10.7. The molecule has 1 saturated heterocycles. The molecule has 82 valence electrons. The van der Waals surface area contributed by atoms with Gasteiger partial charge in [0.25, 0.3) is 0 Å². The predicted molar refractivity (Wildman–Crippen MR) is 54.9 cm³/mol. The largest absolute Gasteiger partial charge is 0.378 e. The molecule has 1 atom stereocenters. The summed E-state index contributed by atoms with van der Waals surface area (Å²) in [6.07, 6.45) is 5.34. The monoisotopic (exact) mass is 238 g/mol. The minimum absolute atomic E-state index is 0.111. The van der Waals surface area contributed by atoms with Crippen LogP contribution < -0.4 is 0 Å². The van der Waals surface area contributed by atoms with Crippen molar-refractivity contribution in [1.82, 2.24) is 0 Å². The molecule has 0 bridgehead atoms. The lowest BCUT2D eigenvalue weighted by atomic mass is 10.0. The van der Waals surface area contributed by atoms with Gasteiger partial charge in [-0.1, -0.05) is 0 Å². The average Bonchev–Trinajstić information content (AvgIpc) is 2.86. The van der Waals surface area contributed by atoms with Gasteiger partial charge in [-0.2, -0.15) is 0 Å². The Balaban J connectivity index is 1.97. The van der Waals surface area contributed by atoms with Crippen molar-refractivity contribution in [2.75, 3.05) is 6.61 Å². The molecule has 1 heterocycles. The van der Waals surface area contributed by atoms with Crippen molar-refractivity contribution >= 4 is 19.7 Å². The Hall–Kier alpha value is 0.200. The van der Waals surface area contributed by atoms with Crippen molar-refractivity contribution in [3.63, 3.8) is 0 Å². The summed E-state index contributed by atoms with van der Waals surface area (Å²) in [7, 11) is 2.02. The van der Waals surface area contributed by atoms with Gasteiger partial charge in [-0.25, -0.2) is 8.42 Å². The maximum atomic E-state index is 11.3. The molecule has 0 aromatic carbocycles. The summed E-state index contributed by atoms with van der Waals surface area (Å²) in [5.74, 6) is 0. The lowest BCUT2D eigenvalue weighted by molar-refractivity contribution is 0.00963. The lowest BCUT2D eigenvalue weighted by Gasteiger charge is -2.25. The van der Waals surface area contributed by atoms with E-state index in [-0.39, 0.29) is 6.10 Å². The van der Waals surface area contributed by atoms with E-state index in [0.717, 1.165) is 25.9 Å². The fraction of sp³-hybridized carbons (Fsp3) is 1.00. The zero-order valence-electron chi connectivity index (χ0n) is 8.04. The second-order valence-corrected chi connectivity index (χ2v) is 7.27. The van der Waals surface area contributed by atoms with E-state index in [0.29, 0.717) is 19.3 Å². The van der Waals surface area contributed by atoms with E-state index in [1.54, 1.807) is 0 Å². The molecule has 2 aliphatic rings. The molecule has 14 heavy (non-hydrogen) atoms. The molecule has 1 aliphatic heterocycles. The van der Waals surface area contributed by atoms with Crippen LogP contribution in [0.15, 0.2) is 0 Å². The van der Waals surface area contributed by atoms with Crippen molar-refractivity contribution in [1.29, 1.82) is 0 Å². The molecule has 1 aliphatic carbocycles. The number of rotatable bonds is 3. The summed E-state index contributed by atoms with van der Waals surface area (Å²) in [4.78, 5) is 0. The van der Waals surface area contributed by atoms with Crippen molar-refractivity contribution in [2.24, 2.45) is 0 Å². The van der Waals surface area contributed by atoms with E-state index in [9.17, 15) is 8.42 Å². The first-order chi connectivity index (χ1) is 6.54. The van der Waals surface area contributed by atoms with Crippen molar-refractivity contribution in [3.05, 3.63) is 0 Å². The van der Waals surface area contributed by atoms with Gasteiger partial charge >= 0.3 is 0 Å². The van der Waals surface area contributed by atoms with Gasteiger partial charge < -0.3 is 4.74 Å². The summed E-state index contributed by atoms with van der Waals surface area (Å²) >= 11 is 0. The quantitative estimate of drug-likeness (QED) is 0.707. The first-order valence-corrected chi connectivity index (χ1v) is 7.40. The molecule has 2 fully saturated rings. The molecule has 0 aromatic rings. The zero-order valence-corrected chi connectivity index (χ0v) is 9.61. The Kier molecular flexibility index (Phi) is 2.79. The summed E-state index contributed by atoms with van der Waals surface area (Å²) in [6, 6.07) is 0. The summed E-state index contributed by atoms with van der Waals surface area (Å²) in [5, 5.41) is 0. The van der Waals surface area contributed by atoms with Gasteiger partial charge in [0.15, 0.2) is 0 Å². The molecule has 0 amide bonds. The maximum absolute atomic E-state index is 11.3. The third kappa shape index (κ3) is 2.07. The summed E-state index contributed by atoms with van der Waals surface area (Å²) in [6.45, 7) is 0.767. The second kappa shape index (κ2) is 3.65. The van der Waals surface area contributed by atoms with E-state index in [2.05, 4.69) is 0 Å². The molecule has 0 aromatic heterocycles. The molecule has 5 heteroatoms. The first-order valence-electron chi connectivity index (χ1n) is 5.09. The molecule has 3 nitrogen and oxygen atoms in total. The van der Waals surface area contributed by atoms with Crippen LogP contribution in [0.4, 0.5) is 0 Å². The second-order valence-electron chi connectivity index (χ2n) is 4.31. The SMILES string of the molecule is O=S(=O)(Cl)C1(CC2CCCCO2)CC1. The highest BCUT2D eigenvalue weighted by Crippen LogP contribution is 2.50. The Morgan fingerprint density at radius 2 is 2.07 bits per heavy atom. The Labute approximate surface area is 89.2 Å². The van der Waals surface area contributed by atoms with Gasteiger partial charge in [0, 0.05) is 17.3 Å². The van der Waals surface area contributed by atoms with E-state index >= 15 is 0 Å². The van der Waals surface area contributed by atoms with Crippen LogP contribution in [0.25, 0.3) is 0 Å². The Morgan fingerprint density at radius 1 is 1.36 bits per heavy atom. The van der Waals surface area contributed by atoms with Gasteiger partial charge in [0.05, 0.1) is 10.9 Å². The maximum Gasteiger partial charge on any atom is 0.238 e. The highest BCUT2D eigenvalue weighted by atomic mass is 35.7. The van der Waals surface area contributed by atoms with Crippen LogP contribution in [0.3, 0.4) is 0 Å². The molecule has 0 spiro atoms. The van der Waals surface area contributed by atoms with E-state index in [1.807, 2.05) is 0 Å². The molecular weight excluding hydrogens is 224 g/mol. The van der Waals surface area contributed by atoms with Crippen LogP contribution in [-0.4, -0.2) is 25.9 Å². The van der Waals surface area contributed by atoms with Gasteiger partial charge in [0.2, 0.25) is 9.05 Å². The van der Waals surface area contributed by atoms with Crippen LogP contribution in [0.5, 0.6) is 0 Å². The smallest absolute Gasteiger partial charge is 0.238 e. The van der Waals surface area contributed by atoms with Crippen LogP contribution in [-0.2, 0) is 13.8 Å². The van der Waals surface area contributed by atoms with Crippen molar-refractivity contribution in [3.8, 4) is 0 Å². The molecule has 0 radical (unpaired) electrons. The Bertz CT molecular complexity index is 302. The van der Waals surface area contributed by atoms with Gasteiger partial charge in [-0.3, -0.25) is 0 Å². The molecule has 1 unspecified atom stereocenters. The van der Waals surface area contributed by atoms with Crippen molar-refractivity contribution in [2.45, 2.75) is 49.4 Å². The van der Waals surface area contributed by atoms with Crippen LogP contribution >= 0.6 is 10.7 Å². The molecular formula is C9H15ClO3S. The van der Waals surface area contributed by atoms with E-state index < -0.39 is 13.8 Å². The number of halogens is 1. The molecule has 1 saturated carbocycles. The standard InChI is InChI=1S/C9H15ClO3S/c10-14(11,12)9(4-5-9)7-8-3-1-2-6-13-8/h8H,1-7H2. The zero-order chi connectivity index (χ0) is 10.2. The normalized spacial score (nSPS) is 31.4. The fourth-order valence-corrected chi connectivity index (χ4v) is 3.70. The van der Waals surface area contributed by atoms with Gasteiger partial charge in [-0.05, 0) is 38.5 Å². The van der Waals surface area contributed by atoms with E-state index in [4.69, 9.17) is 15.4 Å². The molecule has 2 rings (SSSR count). The molecule has 0 N–H and O–H groups in total. The average molecular weight is 239 g/mol. The predicted octanol–water partition coefficient (Wildman–Crippen LogP) is 2.05. The van der Waals surface area contributed by atoms with E-state index in [1.165, 1.54) is 0 Å². The highest BCUT2D eigenvalue weighted by Gasteiger charge is 2.54. The highest BCUT2D eigenvalue weighted by molar-refractivity contribution is 8.15. The lowest BCUT2D eigenvalue weighted by Crippen LogP contribution is -2.29. The number of hydrogen-bond donors (Lipinski definition) is 0. The van der Waals surface area contributed by atoms with Crippen molar-refractivity contribution < 1.29 is 13.2 Å². The minimum Gasteiger partial charge on any atom is -0.378 e. The minimum atomic E-state index is -3.40. The Morgan fingerprint density at radius 3 is 2.50 bits per heavy atom.